The highest BCUT2D eigenvalue weighted by Crippen LogP contribution is 2.31. The fourth-order valence-electron chi connectivity index (χ4n) is 3.03. The quantitative estimate of drug-likeness (QED) is 0.628. The molecule has 2 heterocycles. The Hall–Kier alpha value is -3.16. The molecule has 1 aliphatic rings. The van der Waals surface area contributed by atoms with E-state index in [9.17, 15) is 4.79 Å². The van der Waals surface area contributed by atoms with Gasteiger partial charge in [-0.15, -0.1) is 0 Å². The summed E-state index contributed by atoms with van der Waals surface area (Å²) in [5.41, 5.74) is 0.570. The topological polar surface area (TPSA) is 85.5 Å². The lowest BCUT2D eigenvalue weighted by Crippen LogP contribution is -2.40. The van der Waals surface area contributed by atoms with E-state index in [4.69, 9.17) is 18.6 Å². The minimum Gasteiger partial charge on any atom is -0.493 e. The van der Waals surface area contributed by atoms with Crippen molar-refractivity contribution >= 4 is 18.0 Å². The van der Waals surface area contributed by atoms with Gasteiger partial charge in [0.15, 0.2) is 17.7 Å². The minimum absolute atomic E-state index is 0.371. The van der Waals surface area contributed by atoms with E-state index < -0.39 is 12.3 Å². The van der Waals surface area contributed by atoms with Gasteiger partial charge in [0.05, 0.1) is 26.2 Å². The molecule has 1 N–H and O–H groups in total. The van der Waals surface area contributed by atoms with Crippen molar-refractivity contribution in [3.05, 3.63) is 42.4 Å². The van der Waals surface area contributed by atoms with Gasteiger partial charge in [0.25, 0.3) is 0 Å². The molecule has 3 rings (SSSR count). The zero-order chi connectivity index (χ0) is 21.3. The molecule has 30 heavy (non-hydrogen) atoms. The number of piperidine rings is 1. The maximum absolute atomic E-state index is 12.5. The Morgan fingerprint density at radius 1 is 1.33 bits per heavy atom. The van der Waals surface area contributed by atoms with E-state index in [0.717, 1.165) is 12.8 Å². The standard InChI is InChI=1S/C22H29N3O5/c1-16(2)15-29-20-13-17(9-10-19(20)27-3)24-22(26)30-21-8-4-5-11-25(21)23-14-18-7-6-12-28-18/h6-7,9-10,12-14,16,21H,4-5,8,11,15H2,1-3H3,(H,24,26). The van der Waals surface area contributed by atoms with Crippen molar-refractivity contribution in [3.63, 3.8) is 0 Å². The monoisotopic (exact) mass is 415 g/mol. The lowest BCUT2D eigenvalue weighted by molar-refractivity contribution is -0.0297. The van der Waals surface area contributed by atoms with Gasteiger partial charge in [-0.2, -0.15) is 5.10 Å². The number of carbonyl (C=O) groups is 1. The number of benzene rings is 1. The van der Waals surface area contributed by atoms with Gasteiger partial charge in [-0.05, 0) is 43.0 Å². The predicted octanol–water partition coefficient (Wildman–Crippen LogP) is 4.72. The second kappa shape index (κ2) is 10.6. The second-order valence-electron chi connectivity index (χ2n) is 7.47. The van der Waals surface area contributed by atoms with Crippen LogP contribution >= 0.6 is 0 Å². The van der Waals surface area contributed by atoms with Crippen LogP contribution in [0.4, 0.5) is 10.5 Å². The third-order valence-corrected chi connectivity index (χ3v) is 4.52. The highest BCUT2D eigenvalue weighted by atomic mass is 16.6. The fraction of sp³-hybridized carbons (Fsp3) is 0.455. The third-order valence-electron chi connectivity index (χ3n) is 4.52. The summed E-state index contributed by atoms with van der Waals surface area (Å²) < 4.78 is 22.0. The summed E-state index contributed by atoms with van der Waals surface area (Å²) in [5.74, 6) is 2.21. The van der Waals surface area contributed by atoms with Crippen LogP contribution < -0.4 is 14.8 Å². The number of methoxy groups -OCH3 is 1. The largest absolute Gasteiger partial charge is 0.493 e. The van der Waals surface area contributed by atoms with Crippen LogP contribution in [0.1, 0.15) is 38.9 Å². The zero-order valence-corrected chi connectivity index (χ0v) is 17.7. The normalized spacial score (nSPS) is 16.7. The lowest BCUT2D eigenvalue weighted by atomic mass is 10.1. The summed E-state index contributed by atoms with van der Waals surface area (Å²) in [6.07, 6.45) is 4.93. The summed E-state index contributed by atoms with van der Waals surface area (Å²) >= 11 is 0. The average Bonchev–Trinajstić information content (AvgIpc) is 3.25. The summed E-state index contributed by atoms with van der Waals surface area (Å²) in [7, 11) is 1.58. The van der Waals surface area contributed by atoms with E-state index >= 15 is 0 Å². The van der Waals surface area contributed by atoms with Gasteiger partial charge in [0.2, 0.25) is 0 Å². The molecule has 0 spiro atoms. The second-order valence-corrected chi connectivity index (χ2v) is 7.47. The molecule has 0 radical (unpaired) electrons. The summed E-state index contributed by atoms with van der Waals surface area (Å²) in [4.78, 5) is 12.5. The van der Waals surface area contributed by atoms with E-state index in [0.29, 0.717) is 48.4 Å². The van der Waals surface area contributed by atoms with Gasteiger partial charge in [-0.25, -0.2) is 4.79 Å². The van der Waals surface area contributed by atoms with Gasteiger partial charge < -0.3 is 18.6 Å². The van der Waals surface area contributed by atoms with Crippen LogP contribution in [0.3, 0.4) is 0 Å². The molecule has 0 saturated carbocycles. The van der Waals surface area contributed by atoms with E-state index in [1.165, 1.54) is 0 Å². The number of furan rings is 1. The summed E-state index contributed by atoms with van der Waals surface area (Å²) in [6, 6.07) is 8.85. The molecule has 162 valence electrons. The van der Waals surface area contributed by atoms with Crippen molar-refractivity contribution in [1.82, 2.24) is 5.01 Å². The van der Waals surface area contributed by atoms with Crippen LogP contribution in [-0.4, -0.2) is 43.8 Å². The SMILES string of the molecule is COc1ccc(NC(=O)OC2CCCCN2N=Cc2ccco2)cc1OCC(C)C. The molecule has 1 amide bonds. The molecule has 1 fully saturated rings. The van der Waals surface area contributed by atoms with Crippen molar-refractivity contribution in [2.45, 2.75) is 39.3 Å². The molecule has 0 aliphatic carbocycles. The number of carbonyl (C=O) groups excluding carboxylic acids is 1. The van der Waals surface area contributed by atoms with E-state index in [1.807, 2.05) is 6.07 Å². The molecule has 2 aromatic rings. The predicted molar refractivity (Wildman–Crippen MR) is 114 cm³/mol. The third kappa shape index (κ3) is 6.17. The Kier molecular flexibility index (Phi) is 7.59. The molecule has 1 aliphatic heterocycles. The Morgan fingerprint density at radius 3 is 2.93 bits per heavy atom. The Labute approximate surface area is 176 Å². The smallest absolute Gasteiger partial charge is 0.413 e. The molecular weight excluding hydrogens is 386 g/mol. The van der Waals surface area contributed by atoms with E-state index in [1.54, 1.807) is 48.9 Å². The van der Waals surface area contributed by atoms with Crippen LogP contribution in [0.2, 0.25) is 0 Å². The first-order valence-electron chi connectivity index (χ1n) is 10.2. The van der Waals surface area contributed by atoms with Crippen LogP contribution in [0, 0.1) is 5.92 Å². The first-order chi connectivity index (χ1) is 14.5. The average molecular weight is 415 g/mol. The number of hydrogen-bond donors (Lipinski definition) is 1. The Morgan fingerprint density at radius 2 is 2.20 bits per heavy atom. The van der Waals surface area contributed by atoms with Gasteiger partial charge in [0, 0.05) is 24.7 Å². The molecule has 1 atom stereocenters. The van der Waals surface area contributed by atoms with Crippen molar-refractivity contribution in [3.8, 4) is 11.5 Å². The Balaban J connectivity index is 1.61. The minimum atomic E-state index is -0.542. The molecule has 0 bridgehead atoms. The first-order valence-corrected chi connectivity index (χ1v) is 10.2. The van der Waals surface area contributed by atoms with Gasteiger partial charge >= 0.3 is 6.09 Å². The lowest BCUT2D eigenvalue weighted by Gasteiger charge is -2.32. The van der Waals surface area contributed by atoms with Crippen LogP contribution in [0.5, 0.6) is 11.5 Å². The Bertz CT molecular complexity index is 835. The number of hydrogen-bond acceptors (Lipinski definition) is 7. The van der Waals surface area contributed by atoms with Crippen molar-refractivity contribution in [2.24, 2.45) is 11.0 Å². The van der Waals surface area contributed by atoms with E-state index in [2.05, 4.69) is 24.3 Å². The molecule has 1 aromatic carbocycles. The molecular formula is C22H29N3O5. The number of amides is 1. The van der Waals surface area contributed by atoms with Gasteiger partial charge in [-0.1, -0.05) is 13.8 Å². The number of nitrogens with zero attached hydrogens (tertiary/aromatic N) is 2. The van der Waals surface area contributed by atoms with Crippen molar-refractivity contribution in [1.29, 1.82) is 0 Å². The van der Waals surface area contributed by atoms with Crippen molar-refractivity contribution in [2.75, 3.05) is 25.6 Å². The first kappa shape index (κ1) is 21.5. The van der Waals surface area contributed by atoms with Crippen LogP contribution in [0.15, 0.2) is 46.1 Å². The molecule has 1 aromatic heterocycles. The van der Waals surface area contributed by atoms with Crippen LogP contribution in [0.25, 0.3) is 0 Å². The van der Waals surface area contributed by atoms with E-state index in [-0.39, 0.29) is 0 Å². The fourth-order valence-corrected chi connectivity index (χ4v) is 3.03. The summed E-state index contributed by atoms with van der Waals surface area (Å²) in [5, 5.41) is 8.96. The molecule has 1 unspecified atom stereocenters. The highest BCUT2D eigenvalue weighted by Gasteiger charge is 2.25. The van der Waals surface area contributed by atoms with Gasteiger partial charge in [-0.3, -0.25) is 10.3 Å². The highest BCUT2D eigenvalue weighted by molar-refractivity contribution is 5.85. The summed E-state index contributed by atoms with van der Waals surface area (Å²) in [6.45, 7) is 5.40. The van der Waals surface area contributed by atoms with Crippen molar-refractivity contribution < 1.29 is 23.4 Å². The molecule has 8 nitrogen and oxygen atoms in total. The molecule has 8 heteroatoms. The maximum Gasteiger partial charge on any atom is 0.413 e. The van der Waals surface area contributed by atoms with Crippen LogP contribution in [-0.2, 0) is 4.74 Å². The zero-order valence-electron chi connectivity index (χ0n) is 17.7. The number of hydrazone groups is 1. The number of anilines is 1. The number of rotatable bonds is 8. The number of nitrogens with one attached hydrogen (secondary N) is 1. The maximum atomic E-state index is 12.5. The van der Waals surface area contributed by atoms with Gasteiger partial charge in [0.1, 0.15) is 5.76 Å². The number of ether oxygens (including phenoxy) is 3. The molecule has 1 saturated heterocycles.